The predicted octanol–water partition coefficient (Wildman–Crippen LogP) is 5.25. The number of aliphatic hydroxyl groups is 1. The van der Waals surface area contributed by atoms with Crippen molar-refractivity contribution in [3.63, 3.8) is 0 Å². The molecule has 0 heterocycles. The number of hydrogen-bond donors (Lipinski definition) is 1. The molecular weight excluding hydrogens is 270 g/mol. The fraction of sp³-hybridized carbons (Fsp3) is 0.650. The van der Waals surface area contributed by atoms with Crippen LogP contribution >= 0.6 is 0 Å². The number of aliphatic imine (C=N–C) groups is 1. The van der Waals surface area contributed by atoms with Gasteiger partial charge < -0.3 is 5.11 Å². The van der Waals surface area contributed by atoms with Crippen molar-refractivity contribution in [3.8, 4) is 0 Å². The molecule has 124 valence electrons. The lowest BCUT2D eigenvalue weighted by molar-refractivity contribution is 0.307. The quantitative estimate of drug-likeness (QED) is 0.389. The number of allylic oxidation sites excluding steroid dienone is 6. The molecule has 0 bridgehead atoms. The molecular formula is C20H33NO. The minimum atomic E-state index is 0.115. The van der Waals surface area contributed by atoms with Gasteiger partial charge in [0.05, 0.1) is 13.2 Å². The summed E-state index contributed by atoms with van der Waals surface area (Å²) in [6.07, 6.45) is 12.5. The van der Waals surface area contributed by atoms with Crippen LogP contribution in [-0.2, 0) is 0 Å². The summed E-state index contributed by atoms with van der Waals surface area (Å²) in [5.74, 6) is 0. The molecule has 22 heavy (non-hydrogen) atoms. The molecule has 1 rings (SSSR count). The van der Waals surface area contributed by atoms with E-state index in [-0.39, 0.29) is 6.61 Å². The van der Waals surface area contributed by atoms with Crippen LogP contribution in [0.4, 0.5) is 0 Å². The number of hydrogen-bond acceptors (Lipinski definition) is 2. The first-order valence-electron chi connectivity index (χ1n) is 8.51. The third-order valence-corrected chi connectivity index (χ3v) is 4.63. The topological polar surface area (TPSA) is 32.6 Å². The van der Waals surface area contributed by atoms with E-state index in [1.165, 1.54) is 31.3 Å². The lowest BCUT2D eigenvalue weighted by atomic mass is 9.71. The van der Waals surface area contributed by atoms with Crippen LogP contribution in [0.15, 0.2) is 39.9 Å². The molecule has 2 nitrogen and oxygen atoms in total. The Morgan fingerprint density at radius 3 is 2.68 bits per heavy atom. The predicted molar refractivity (Wildman–Crippen MR) is 97.5 cm³/mol. The Morgan fingerprint density at radius 2 is 2.05 bits per heavy atom. The third-order valence-electron chi connectivity index (χ3n) is 4.63. The third kappa shape index (κ3) is 6.31. The SMILES string of the molecule is CC(/C=C/C=C(\C)CCC1=C(C)CCCC1(C)C)=NCCO. The summed E-state index contributed by atoms with van der Waals surface area (Å²) in [5.41, 5.74) is 6.05. The summed E-state index contributed by atoms with van der Waals surface area (Å²) in [5, 5.41) is 8.74. The fourth-order valence-corrected chi connectivity index (χ4v) is 3.26. The average Bonchev–Trinajstić information content (AvgIpc) is 2.43. The molecule has 0 atom stereocenters. The van der Waals surface area contributed by atoms with Crippen LogP contribution in [0.5, 0.6) is 0 Å². The van der Waals surface area contributed by atoms with Crippen molar-refractivity contribution in [2.24, 2.45) is 10.4 Å². The van der Waals surface area contributed by atoms with Crippen LogP contribution in [0.25, 0.3) is 0 Å². The second-order valence-electron chi connectivity index (χ2n) is 7.12. The van der Waals surface area contributed by atoms with Gasteiger partial charge >= 0.3 is 0 Å². The molecule has 0 fully saturated rings. The highest BCUT2D eigenvalue weighted by Gasteiger charge is 2.27. The molecule has 0 aromatic rings. The maximum atomic E-state index is 8.74. The van der Waals surface area contributed by atoms with Crippen LogP contribution in [0, 0.1) is 5.41 Å². The normalized spacial score (nSPS) is 20.1. The summed E-state index contributed by atoms with van der Waals surface area (Å²) in [6, 6.07) is 0. The Hall–Kier alpha value is -1.15. The van der Waals surface area contributed by atoms with Gasteiger partial charge in [0.25, 0.3) is 0 Å². The van der Waals surface area contributed by atoms with E-state index in [0.29, 0.717) is 12.0 Å². The minimum Gasteiger partial charge on any atom is -0.394 e. The van der Waals surface area contributed by atoms with Crippen molar-refractivity contribution in [2.75, 3.05) is 13.2 Å². The maximum absolute atomic E-state index is 8.74. The molecule has 2 heteroatoms. The van der Waals surface area contributed by atoms with Gasteiger partial charge in [0.2, 0.25) is 0 Å². The highest BCUT2D eigenvalue weighted by Crippen LogP contribution is 2.42. The monoisotopic (exact) mass is 303 g/mol. The molecule has 1 aliphatic rings. The van der Waals surface area contributed by atoms with Gasteiger partial charge in [-0.2, -0.15) is 0 Å². The molecule has 0 amide bonds. The largest absolute Gasteiger partial charge is 0.394 e. The summed E-state index contributed by atoms with van der Waals surface area (Å²) in [4.78, 5) is 4.23. The summed E-state index contributed by atoms with van der Waals surface area (Å²) in [6.45, 7) is 11.9. The van der Waals surface area contributed by atoms with Crippen molar-refractivity contribution < 1.29 is 5.11 Å². The van der Waals surface area contributed by atoms with Crippen LogP contribution in [0.2, 0.25) is 0 Å². The molecule has 0 saturated heterocycles. The van der Waals surface area contributed by atoms with Crippen molar-refractivity contribution >= 4 is 5.71 Å². The summed E-state index contributed by atoms with van der Waals surface area (Å²) in [7, 11) is 0. The van der Waals surface area contributed by atoms with Gasteiger partial charge in [0, 0.05) is 5.71 Å². The fourth-order valence-electron chi connectivity index (χ4n) is 3.26. The summed E-state index contributed by atoms with van der Waals surface area (Å²) < 4.78 is 0. The molecule has 1 aliphatic carbocycles. The first kappa shape index (κ1) is 18.9. The van der Waals surface area contributed by atoms with Crippen molar-refractivity contribution in [2.45, 2.75) is 66.7 Å². The van der Waals surface area contributed by atoms with Crippen molar-refractivity contribution in [3.05, 3.63) is 34.9 Å². The van der Waals surface area contributed by atoms with Crippen LogP contribution in [0.1, 0.15) is 66.7 Å². The van der Waals surface area contributed by atoms with Gasteiger partial charge in [0.15, 0.2) is 0 Å². The Balaban J connectivity index is 2.57. The van der Waals surface area contributed by atoms with E-state index in [4.69, 9.17) is 5.11 Å². The van der Waals surface area contributed by atoms with E-state index in [0.717, 1.165) is 12.1 Å². The van der Waals surface area contributed by atoms with E-state index in [1.807, 2.05) is 13.0 Å². The smallest absolute Gasteiger partial charge is 0.0627 e. The van der Waals surface area contributed by atoms with E-state index >= 15 is 0 Å². The van der Waals surface area contributed by atoms with Gasteiger partial charge in [-0.3, -0.25) is 4.99 Å². The Labute approximate surface area is 136 Å². The van der Waals surface area contributed by atoms with E-state index in [1.54, 1.807) is 11.1 Å². The first-order chi connectivity index (χ1) is 10.4. The van der Waals surface area contributed by atoms with Crippen molar-refractivity contribution in [1.29, 1.82) is 0 Å². The second kappa shape index (κ2) is 9.09. The highest BCUT2D eigenvalue weighted by atomic mass is 16.3. The second-order valence-corrected chi connectivity index (χ2v) is 7.12. The Bertz CT molecular complexity index is 478. The van der Waals surface area contributed by atoms with Crippen LogP contribution < -0.4 is 0 Å². The van der Waals surface area contributed by atoms with E-state index in [9.17, 15) is 0 Å². The number of rotatable bonds is 7. The van der Waals surface area contributed by atoms with Gasteiger partial charge in [-0.15, -0.1) is 0 Å². The zero-order valence-electron chi connectivity index (χ0n) is 15.1. The van der Waals surface area contributed by atoms with Gasteiger partial charge in [-0.1, -0.05) is 42.7 Å². The zero-order chi connectivity index (χ0) is 16.6. The van der Waals surface area contributed by atoms with Gasteiger partial charge in [-0.05, 0) is 64.4 Å². The molecule has 0 radical (unpaired) electrons. The minimum absolute atomic E-state index is 0.115. The summed E-state index contributed by atoms with van der Waals surface area (Å²) >= 11 is 0. The van der Waals surface area contributed by atoms with Gasteiger partial charge in [-0.25, -0.2) is 0 Å². The molecule has 0 unspecified atom stereocenters. The zero-order valence-corrected chi connectivity index (χ0v) is 15.1. The Morgan fingerprint density at radius 1 is 1.32 bits per heavy atom. The van der Waals surface area contributed by atoms with Gasteiger partial charge in [0.1, 0.15) is 0 Å². The highest BCUT2D eigenvalue weighted by molar-refractivity contribution is 5.92. The molecule has 0 saturated carbocycles. The van der Waals surface area contributed by atoms with Crippen molar-refractivity contribution in [1.82, 2.24) is 0 Å². The van der Waals surface area contributed by atoms with E-state index in [2.05, 4.69) is 44.8 Å². The molecule has 0 spiro atoms. The molecule has 0 aromatic carbocycles. The van der Waals surface area contributed by atoms with Crippen LogP contribution in [-0.4, -0.2) is 24.0 Å². The lowest BCUT2D eigenvalue weighted by Gasteiger charge is -2.34. The number of nitrogens with zero attached hydrogens (tertiary/aromatic N) is 1. The molecule has 1 N–H and O–H groups in total. The number of aliphatic hydroxyl groups excluding tert-OH is 1. The molecule has 0 aromatic heterocycles. The van der Waals surface area contributed by atoms with E-state index < -0.39 is 0 Å². The Kier molecular flexibility index (Phi) is 7.81. The van der Waals surface area contributed by atoms with Crippen LogP contribution in [0.3, 0.4) is 0 Å². The molecule has 0 aliphatic heterocycles. The lowest BCUT2D eigenvalue weighted by Crippen LogP contribution is -2.20. The standard InChI is InChI=1S/C20H33NO/c1-16(8-6-10-18(3)21-14-15-22)11-12-19-17(2)9-7-13-20(19,4)5/h6,8,10,22H,7,9,11-15H2,1-5H3/b10-6+,16-8+,21-18?. The maximum Gasteiger partial charge on any atom is 0.0627 e. The average molecular weight is 303 g/mol. The first-order valence-corrected chi connectivity index (χ1v) is 8.51.